The maximum absolute atomic E-state index is 11.2. The molecule has 0 radical (unpaired) electrons. The van der Waals surface area contributed by atoms with E-state index in [1.807, 2.05) is 0 Å². The van der Waals surface area contributed by atoms with E-state index in [1.165, 1.54) is 4.52 Å². The van der Waals surface area contributed by atoms with Crippen LogP contribution in [0.4, 0.5) is 5.95 Å². The predicted molar refractivity (Wildman–Crippen MR) is 54.3 cm³/mol. The van der Waals surface area contributed by atoms with Crippen molar-refractivity contribution in [3.8, 4) is 0 Å². The Kier molecular flexibility index (Phi) is 2.14. The molecule has 2 N–H and O–H groups in total. The van der Waals surface area contributed by atoms with Crippen molar-refractivity contribution in [3.05, 3.63) is 0 Å². The Hall–Kier alpha value is -1.24. The molecule has 0 fully saturated rings. The molecule has 0 aliphatic carbocycles. The van der Waals surface area contributed by atoms with Gasteiger partial charge in [-0.05, 0) is 0 Å². The van der Waals surface area contributed by atoms with Crippen LogP contribution in [-0.2, 0) is 9.84 Å². The van der Waals surface area contributed by atoms with Crippen molar-refractivity contribution in [2.24, 2.45) is 0 Å². The van der Waals surface area contributed by atoms with Crippen LogP contribution in [0.5, 0.6) is 0 Å². The number of nitrogens with zero attached hydrogens (tertiary/aromatic N) is 5. The Morgan fingerprint density at radius 1 is 1.33 bits per heavy atom. The predicted octanol–water partition coefficient (Wildman–Crippen LogP) is -3.24. The lowest BCUT2D eigenvalue weighted by Gasteiger charge is -1.99. The molecule has 0 unspecified atom stereocenters. The molecule has 0 saturated heterocycles. The highest BCUT2D eigenvalue weighted by molar-refractivity contribution is 7.90. The van der Waals surface area contributed by atoms with E-state index in [0.717, 1.165) is 6.26 Å². The van der Waals surface area contributed by atoms with Crippen LogP contribution in [0.3, 0.4) is 0 Å². The minimum Gasteiger partial charge on any atom is -0.368 e. The van der Waals surface area contributed by atoms with Crippen molar-refractivity contribution in [1.82, 2.24) is 24.6 Å². The molecule has 0 spiro atoms. The number of nitrogen functional groups attached to an aromatic ring is 1. The number of anilines is 1. The smallest absolute Gasteiger partial charge is 0.325 e. The van der Waals surface area contributed by atoms with E-state index in [2.05, 4.69) is 20.1 Å². The van der Waals surface area contributed by atoms with Gasteiger partial charge >= 0.3 is 16.3 Å². The van der Waals surface area contributed by atoms with Crippen LogP contribution in [0.1, 0.15) is 0 Å². The number of nitrogens with two attached hydrogens (primary N) is 1. The van der Waals surface area contributed by atoms with E-state index in [4.69, 9.17) is 5.73 Å². The van der Waals surface area contributed by atoms with Gasteiger partial charge in [-0.2, -0.15) is 19.6 Å². The average Bonchev–Trinajstić information content (AvgIpc) is 2.44. The lowest BCUT2D eigenvalue weighted by atomic mass is 10.9. The third-order valence-corrected chi connectivity index (χ3v) is 2.92. The summed E-state index contributed by atoms with van der Waals surface area (Å²) in [5.74, 6) is 0.128. The van der Waals surface area contributed by atoms with Gasteiger partial charge in [0, 0.05) is 6.26 Å². The Morgan fingerprint density at radius 3 is 2.60 bits per heavy atom. The van der Waals surface area contributed by atoms with Crippen LogP contribution < -0.4 is 10.4 Å². The first-order valence-electron chi connectivity index (χ1n) is 3.95. The van der Waals surface area contributed by atoms with Gasteiger partial charge < -0.3 is 5.73 Å². The molecule has 0 aliphatic heterocycles. The van der Waals surface area contributed by atoms with Crippen LogP contribution in [0.25, 0.3) is 5.78 Å². The monoisotopic (exact) mass is 242 g/mol. The fourth-order valence-electron chi connectivity index (χ4n) is 1.05. The molecular weight excluding hydrogens is 235 g/mol. The van der Waals surface area contributed by atoms with Crippen molar-refractivity contribution in [3.63, 3.8) is 0 Å². The van der Waals surface area contributed by atoms with Crippen molar-refractivity contribution < 1.29 is 8.42 Å². The third-order valence-electron chi connectivity index (χ3n) is 1.65. The summed E-state index contributed by atoms with van der Waals surface area (Å²) in [6, 6.07) is 0. The van der Waals surface area contributed by atoms with Crippen molar-refractivity contribution in [2.45, 2.75) is 5.16 Å². The summed E-state index contributed by atoms with van der Waals surface area (Å²) < 4.78 is 24.2. The lowest BCUT2D eigenvalue weighted by molar-refractivity contribution is 0.592. The van der Waals surface area contributed by atoms with Crippen molar-refractivity contribution in [2.75, 3.05) is 12.0 Å². The van der Waals surface area contributed by atoms with Crippen LogP contribution in [0.15, 0.2) is 5.16 Å². The zero-order chi connectivity index (χ0) is 11.2. The fraction of sp³-hybridized carbons (Fsp3) is 0.200. The lowest BCUT2D eigenvalue weighted by Crippen LogP contribution is -2.12. The molecule has 2 heterocycles. The molecule has 10 heteroatoms. The second-order valence-corrected chi connectivity index (χ2v) is 5.81. The maximum Gasteiger partial charge on any atom is 0.325 e. The van der Waals surface area contributed by atoms with Gasteiger partial charge in [0.2, 0.25) is 15.8 Å². The largest absolute Gasteiger partial charge is 0.368 e. The second kappa shape index (κ2) is 3.13. The number of sulfone groups is 1. The van der Waals surface area contributed by atoms with Gasteiger partial charge in [-0.3, -0.25) is 0 Å². The quantitative estimate of drug-likeness (QED) is 0.522. The van der Waals surface area contributed by atoms with Gasteiger partial charge in [0.15, 0.2) is 0 Å². The third kappa shape index (κ3) is 1.79. The minimum atomic E-state index is -3.48. The Bertz CT molecular complexity index is 634. The first-order chi connectivity index (χ1) is 6.88. The molecule has 0 amide bonds. The van der Waals surface area contributed by atoms with E-state index in [-0.39, 0.29) is 16.9 Å². The summed E-state index contributed by atoms with van der Waals surface area (Å²) in [6.07, 6.45) is 1.01. The molecule has 15 heavy (non-hydrogen) atoms. The summed E-state index contributed by atoms with van der Waals surface area (Å²) in [6.45, 7) is 0. The highest BCUT2D eigenvalue weighted by Gasteiger charge is 2.15. The molecule has 0 bridgehead atoms. The number of aromatic nitrogens is 5. The molecule has 2 aromatic heterocycles. The Labute approximate surface area is 92.9 Å². The van der Waals surface area contributed by atoms with Crippen LogP contribution in [0, 0.1) is 0 Å². The second-order valence-electron chi connectivity index (χ2n) is 3.01. The highest BCUT2D eigenvalue weighted by atomic mass is 32.2. The van der Waals surface area contributed by atoms with E-state index in [0.29, 0.717) is 21.0 Å². The summed E-state index contributed by atoms with van der Waals surface area (Å²) in [7, 11) is -3.48. The van der Waals surface area contributed by atoms with E-state index in [9.17, 15) is 8.42 Å². The standard InChI is InChI=1S/C5H5N6O2S.Al.2H/c1-14(12,13)5-9-3(6)11-4(10-5)7-2-8-11;;;/h1H3,(H2,6,7,8,9,10);;;. The van der Waals surface area contributed by atoms with Crippen LogP contribution in [0.2, 0.25) is 0 Å². The molecular formula is C5H7AlN6O2S. The Morgan fingerprint density at radius 2 is 2.00 bits per heavy atom. The zero-order valence-corrected chi connectivity index (χ0v) is 10.9. The maximum atomic E-state index is 11.2. The molecule has 0 atom stereocenters. The summed E-state index contributed by atoms with van der Waals surface area (Å²) in [4.78, 5) is 11.4. The Balaban J connectivity index is 2.84. The van der Waals surface area contributed by atoms with Gasteiger partial charge in [0.1, 0.15) is 0 Å². The van der Waals surface area contributed by atoms with Crippen LogP contribution in [-0.4, -0.2) is 55.5 Å². The molecule has 0 aromatic carbocycles. The minimum absolute atomic E-state index is 0.0324. The van der Waals surface area contributed by atoms with Crippen molar-refractivity contribution >= 4 is 42.5 Å². The van der Waals surface area contributed by atoms with E-state index >= 15 is 0 Å². The zero-order valence-electron chi connectivity index (χ0n) is 8.04. The average molecular weight is 242 g/mol. The normalized spacial score (nSPS) is 12.1. The number of hydrogen-bond acceptors (Lipinski definition) is 7. The highest BCUT2D eigenvalue weighted by Crippen LogP contribution is 2.05. The molecule has 0 aliphatic rings. The summed E-state index contributed by atoms with van der Waals surface area (Å²) in [5.41, 5.74) is 5.53. The summed E-state index contributed by atoms with van der Waals surface area (Å²) in [5, 5.41) is 3.63. The number of fused-ring (bicyclic) bond motifs is 1. The van der Waals surface area contributed by atoms with E-state index < -0.39 is 9.84 Å². The fourth-order valence-corrected chi connectivity index (χ4v) is 1.96. The van der Waals surface area contributed by atoms with Crippen molar-refractivity contribution in [1.29, 1.82) is 0 Å². The van der Waals surface area contributed by atoms with Gasteiger partial charge in [-0.25, -0.2) is 13.4 Å². The number of hydrogen-bond donors (Lipinski definition) is 1. The molecule has 0 saturated carbocycles. The van der Waals surface area contributed by atoms with Gasteiger partial charge in [-0.15, -0.1) is 0 Å². The topological polar surface area (TPSA) is 116 Å². The summed E-state index contributed by atoms with van der Waals surface area (Å²) >= 11 is 0.632. The first-order valence-corrected chi connectivity index (χ1v) is 6.84. The molecule has 2 rings (SSSR count). The van der Waals surface area contributed by atoms with Gasteiger partial charge in [-0.1, -0.05) is 0 Å². The molecule has 8 nitrogen and oxygen atoms in total. The number of rotatable bonds is 1. The van der Waals surface area contributed by atoms with Crippen LogP contribution >= 0.6 is 0 Å². The van der Waals surface area contributed by atoms with Gasteiger partial charge in [0.05, 0.1) is 4.69 Å². The SMILES string of the molecule is CS(=O)(=O)c1nc(N)n2n[c]([AlH2])nc2n1. The molecule has 78 valence electrons. The first kappa shape index (κ1) is 10.3. The molecule has 2 aromatic rings. The van der Waals surface area contributed by atoms with E-state index in [1.54, 1.807) is 0 Å². The van der Waals surface area contributed by atoms with Gasteiger partial charge in [0.25, 0.3) is 10.9 Å².